The van der Waals surface area contributed by atoms with E-state index in [0.29, 0.717) is 0 Å². The Morgan fingerprint density at radius 3 is 2.06 bits per heavy atom. The van der Waals surface area contributed by atoms with Crippen LogP contribution in [0.3, 0.4) is 0 Å². The van der Waals surface area contributed by atoms with Gasteiger partial charge < -0.3 is 4.90 Å². The molecule has 3 aromatic carbocycles. The van der Waals surface area contributed by atoms with Crippen molar-refractivity contribution in [3.63, 3.8) is 0 Å². The van der Waals surface area contributed by atoms with Gasteiger partial charge in [-0.15, -0.1) is 0 Å². The number of nitro groups is 1. The van der Waals surface area contributed by atoms with Gasteiger partial charge in [0.05, 0.1) is 17.0 Å². The SMILES string of the molecule is CC(C)(C)c1ccc(N2C(c3ccc(Br)cc3)CCC2c2ccc(Cl)c([N+](=O)[O-])c2)cc1. The fraction of sp³-hybridized carbons (Fsp3) is 0.308. The zero-order valence-electron chi connectivity index (χ0n) is 18.4. The predicted octanol–water partition coefficient (Wildman–Crippen LogP) is 8.39. The zero-order valence-corrected chi connectivity index (χ0v) is 20.7. The molecule has 6 heteroatoms. The third-order valence-corrected chi connectivity index (χ3v) is 7.07. The molecule has 1 aliphatic rings. The Bertz CT molecular complexity index is 1120. The Morgan fingerprint density at radius 1 is 0.938 bits per heavy atom. The molecule has 0 N–H and O–H groups in total. The fourth-order valence-electron chi connectivity index (χ4n) is 4.52. The van der Waals surface area contributed by atoms with Crippen LogP contribution < -0.4 is 4.90 Å². The number of anilines is 1. The molecule has 4 nitrogen and oxygen atoms in total. The van der Waals surface area contributed by atoms with Crippen molar-refractivity contribution >= 4 is 38.9 Å². The second-order valence-corrected chi connectivity index (χ2v) is 10.7. The molecule has 32 heavy (non-hydrogen) atoms. The number of nitrogens with zero attached hydrogens (tertiary/aromatic N) is 2. The van der Waals surface area contributed by atoms with Crippen LogP contribution in [-0.2, 0) is 5.41 Å². The number of benzene rings is 3. The molecule has 3 aromatic rings. The maximum Gasteiger partial charge on any atom is 0.288 e. The lowest BCUT2D eigenvalue weighted by atomic mass is 9.87. The topological polar surface area (TPSA) is 46.4 Å². The smallest absolute Gasteiger partial charge is 0.288 e. The number of rotatable bonds is 4. The average Bonchev–Trinajstić information content (AvgIpc) is 3.19. The van der Waals surface area contributed by atoms with E-state index in [0.717, 1.165) is 28.6 Å². The van der Waals surface area contributed by atoms with Crippen molar-refractivity contribution in [3.8, 4) is 0 Å². The first kappa shape index (κ1) is 22.8. The van der Waals surface area contributed by atoms with Crippen LogP contribution in [-0.4, -0.2) is 4.92 Å². The molecule has 0 amide bonds. The van der Waals surface area contributed by atoms with Crippen molar-refractivity contribution in [1.29, 1.82) is 0 Å². The molecule has 2 unspecified atom stereocenters. The van der Waals surface area contributed by atoms with E-state index in [1.165, 1.54) is 11.1 Å². The third kappa shape index (κ3) is 4.55. The van der Waals surface area contributed by atoms with Gasteiger partial charge in [0, 0.05) is 16.2 Å². The molecule has 0 spiro atoms. The predicted molar refractivity (Wildman–Crippen MR) is 135 cm³/mol. The normalized spacial score (nSPS) is 18.7. The Morgan fingerprint density at radius 2 is 1.50 bits per heavy atom. The first-order chi connectivity index (χ1) is 15.1. The van der Waals surface area contributed by atoms with E-state index in [-0.39, 0.29) is 28.2 Å². The first-order valence-electron chi connectivity index (χ1n) is 10.7. The van der Waals surface area contributed by atoms with Crippen molar-refractivity contribution < 1.29 is 4.92 Å². The van der Waals surface area contributed by atoms with Crippen molar-refractivity contribution in [2.45, 2.75) is 51.1 Å². The summed E-state index contributed by atoms with van der Waals surface area (Å²) >= 11 is 9.62. The van der Waals surface area contributed by atoms with Crippen LogP contribution in [0.5, 0.6) is 0 Å². The van der Waals surface area contributed by atoms with Gasteiger partial charge in [-0.3, -0.25) is 10.1 Å². The second kappa shape index (κ2) is 8.87. The minimum atomic E-state index is -0.407. The van der Waals surface area contributed by atoms with Crippen LogP contribution in [0.25, 0.3) is 0 Å². The molecular weight excluding hydrogens is 488 g/mol. The summed E-state index contributed by atoms with van der Waals surface area (Å²) in [6.07, 6.45) is 1.87. The van der Waals surface area contributed by atoms with Crippen LogP contribution >= 0.6 is 27.5 Å². The number of hydrogen-bond donors (Lipinski definition) is 0. The fourth-order valence-corrected chi connectivity index (χ4v) is 4.97. The summed E-state index contributed by atoms with van der Waals surface area (Å²) in [5.41, 5.74) is 4.58. The molecule has 1 aliphatic heterocycles. The molecular formula is C26H26BrClN2O2. The highest BCUT2D eigenvalue weighted by Gasteiger charge is 2.36. The molecule has 1 saturated heterocycles. The highest BCUT2D eigenvalue weighted by atomic mass is 79.9. The highest BCUT2D eigenvalue weighted by molar-refractivity contribution is 9.10. The van der Waals surface area contributed by atoms with Crippen molar-refractivity contribution in [2.75, 3.05) is 4.90 Å². The summed E-state index contributed by atoms with van der Waals surface area (Å²) in [6, 6.07) is 22.6. The van der Waals surface area contributed by atoms with Crippen LogP contribution in [0.4, 0.5) is 11.4 Å². The summed E-state index contributed by atoms with van der Waals surface area (Å²) < 4.78 is 1.05. The molecule has 0 aromatic heterocycles. The van der Waals surface area contributed by atoms with Gasteiger partial charge in [-0.05, 0) is 65.3 Å². The van der Waals surface area contributed by atoms with Crippen molar-refractivity contribution in [3.05, 3.63) is 103 Å². The molecule has 2 atom stereocenters. The molecule has 0 radical (unpaired) electrons. The summed E-state index contributed by atoms with van der Waals surface area (Å²) in [7, 11) is 0. The average molecular weight is 514 g/mol. The van der Waals surface area contributed by atoms with Gasteiger partial charge in [-0.2, -0.15) is 0 Å². The lowest BCUT2D eigenvalue weighted by molar-refractivity contribution is -0.384. The number of hydrogen-bond acceptors (Lipinski definition) is 3. The third-order valence-electron chi connectivity index (χ3n) is 6.22. The van der Waals surface area contributed by atoms with Crippen LogP contribution in [0.2, 0.25) is 5.02 Å². The van der Waals surface area contributed by atoms with Crippen molar-refractivity contribution in [2.24, 2.45) is 0 Å². The molecule has 0 bridgehead atoms. The van der Waals surface area contributed by atoms with E-state index in [1.807, 2.05) is 6.07 Å². The van der Waals surface area contributed by atoms with E-state index in [1.54, 1.807) is 12.1 Å². The minimum Gasteiger partial charge on any atom is -0.357 e. The largest absolute Gasteiger partial charge is 0.357 e. The number of nitro benzene ring substituents is 1. The maximum absolute atomic E-state index is 11.5. The summed E-state index contributed by atoms with van der Waals surface area (Å²) in [5, 5.41) is 11.7. The summed E-state index contributed by atoms with van der Waals surface area (Å²) in [4.78, 5) is 13.5. The first-order valence-corrected chi connectivity index (χ1v) is 11.9. The van der Waals surface area contributed by atoms with Gasteiger partial charge in [-0.1, -0.05) is 78.6 Å². The van der Waals surface area contributed by atoms with E-state index >= 15 is 0 Å². The van der Waals surface area contributed by atoms with E-state index in [2.05, 4.69) is 90.1 Å². The Labute approximate surface area is 202 Å². The lowest BCUT2D eigenvalue weighted by Gasteiger charge is -2.34. The van der Waals surface area contributed by atoms with Gasteiger partial charge in [0.1, 0.15) is 5.02 Å². The Balaban J connectivity index is 1.78. The lowest BCUT2D eigenvalue weighted by Crippen LogP contribution is -2.26. The second-order valence-electron chi connectivity index (χ2n) is 9.33. The summed E-state index contributed by atoms with van der Waals surface area (Å²) in [6.45, 7) is 6.62. The van der Waals surface area contributed by atoms with Crippen molar-refractivity contribution in [1.82, 2.24) is 0 Å². The van der Waals surface area contributed by atoms with Crippen LogP contribution in [0.15, 0.2) is 71.2 Å². The van der Waals surface area contributed by atoms with E-state index in [9.17, 15) is 10.1 Å². The zero-order chi connectivity index (χ0) is 23.0. The highest BCUT2D eigenvalue weighted by Crippen LogP contribution is 2.48. The Hall–Kier alpha value is -2.37. The van der Waals surface area contributed by atoms with Gasteiger partial charge >= 0.3 is 0 Å². The van der Waals surface area contributed by atoms with Crippen LogP contribution in [0.1, 0.15) is 62.4 Å². The Kier molecular flexibility index (Phi) is 6.33. The molecule has 0 saturated carbocycles. The monoisotopic (exact) mass is 512 g/mol. The minimum absolute atomic E-state index is 0.0279. The van der Waals surface area contributed by atoms with E-state index < -0.39 is 4.92 Å². The van der Waals surface area contributed by atoms with Crippen LogP contribution in [0, 0.1) is 10.1 Å². The van der Waals surface area contributed by atoms with Gasteiger partial charge in [0.15, 0.2) is 0 Å². The number of halogens is 2. The molecule has 1 heterocycles. The maximum atomic E-state index is 11.5. The summed E-state index contributed by atoms with van der Waals surface area (Å²) in [5.74, 6) is 0. The van der Waals surface area contributed by atoms with Gasteiger partial charge in [0.25, 0.3) is 5.69 Å². The molecule has 4 rings (SSSR count). The molecule has 0 aliphatic carbocycles. The molecule has 166 valence electrons. The van der Waals surface area contributed by atoms with Gasteiger partial charge in [0.2, 0.25) is 0 Å². The molecule has 1 fully saturated rings. The quantitative estimate of drug-likeness (QED) is 0.260. The standard InChI is InChI=1S/C26H26BrClN2O2/c1-26(2,3)19-7-11-21(12-8-19)29-23(17-4-9-20(27)10-5-17)14-15-24(29)18-6-13-22(28)25(16-18)30(31)32/h4-13,16,23-24H,14-15H2,1-3H3. The van der Waals surface area contributed by atoms with E-state index in [4.69, 9.17) is 11.6 Å². The van der Waals surface area contributed by atoms with Gasteiger partial charge in [-0.25, -0.2) is 0 Å².